The molecule has 0 spiro atoms. The second kappa shape index (κ2) is 6.33. The number of ether oxygens (including phenoxy) is 1. The first-order valence-electron chi connectivity index (χ1n) is 6.98. The monoisotopic (exact) mass is 330 g/mol. The summed E-state index contributed by atoms with van der Waals surface area (Å²) in [6, 6.07) is 0.122. The molecule has 1 saturated carbocycles. The summed E-state index contributed by atoms with van der Waals surface area (Å²) in [6.45, 7) is 3.02. The van der Waals surface area contributed by atoms with E-state index in [0.29, 0.717) is 0 Å². The lowest BCUT2D eigenvalue weighted by atomic mass is 9.78. The Balaban J connectivity index is 2.38. The van der Waals surface area contributed by atoms with Gasteiger partial charge in [-0.25, -0.2) is 4.68 Å². The molecule has 2 rings (SSSR count). The van der Waals surface area contributed by atoms with E-state index < -0.39 is 0 Å². The van der Waals surface area contributed by atoms with Crippen molar-refractivity contribution < 1.29 is 4.74 Å². The van der Waals surface area contributed by atoms with E-state index in [0.717, 1.165) is 29.7 Å². The summed E-state index contributed by atoms with van der Waals surface area (Å²) >= 11 is 3.52. The van der Waals surface area contributed by atoms with Gasteiger partial charge in [0.1, 0.15) is 0 Å². The molecule has 1 fully saturated rings. The average molecular weight is 331 g/mol. The molecule has 0 saturated heterocycles. The van der Waals surface area contributed by atoms with Crippen molar-refractivity contribution in [2.75, 3.05) is 13.7 Å². The van der Waals surface area contributed by atoms with E-state index in [1.54, 1.807) is 0 Å². The Hall–Kier alpha value is -0.460. The zero-order valence-electron chi connectivity index (χ0n) is 11.9. The number of nitrogens with zero attached hydrogens (tertiary/aromatic N) is 3. The molecule has 0 aliphatic heterocycles. The number of aromatic nitrogens is 3. The zero-order chi connectivity index (χ0) is 13.9. The predicted molar refractivity (Wildman–Crippen MR) is 77.9 cm³/mol. The molecule has 1 aromatic rings. The number of methoxy groups -OCH3 is 1. The van der Waals surface area contributed by atoms with E-state index in [1.165, 1.54) is 19.3 Å². The van der Waals surface area contributed by atoms with Gasteiger partial charge in [-0.05, 0) is 35.3 Å². The summed E-state index contributed by atoms with van der Waals surface area (Å²) in [7, 11) is 3.76. The van der Waals surface area contributed by atoms with Crippen LogP contribution in [0.1, 0.15) is 50.8 Å². The predicted octanol–water partition coefficient (Wildman–Crippen LogP) is 2.58. The Morgan fingerprint density at radius 1 is 1.42 bits per heavy atom. The molecule has 19 heavy (non-hydrogen) atoms. The number of hydrogen-bond donors (Lipinski definition) is 1. The molecule has 6 heteroatoms. The van der Waals surface area contributed by atoms with Gasteiger partial charge in [-0.15, -0.1) is 5.10 Å². The van der Waals surface area contributed by atoms with Crippen LogP contribution in [0.2, 0.25) is 0 Å². The van der Waals surface area contributed by atoms with Gasteiger partial charge in [-0.1, -0.05) is 31.4 Å². The van der Waals surface area contributed by atoms with Crippen LogP contribution >= 0.6 is 15.9 Å². The molecule has 0 radical (unpaired) electrons. The fourth-order valence-electron chi connectivity index (χ4n) is 3.14. The van der Waals surface area contributed by atoms with Crippen LogP contribution in [0.25, 0.3) is 0 Å². The number of hydrogen-bond acceptors (Lipinski definition) is 4. The Morgan fingerprint density at radius 2 is 2.11 bits per heavy atom. The van der Waals surface area contributed by atoms with Crippen molar-refractivity contribution >= 4 is 15.9 Å². The van der Waals surface area contributed by atoms with E-state index >= 15 is 0 Å². The fraction of sp³-hybridized carbons (Fsp3) is 0.846. The Bertz CT molecular complexity index is 395. The van der Waals surface area contributed by atoms with Crippen LogP contribution in [0.3, 0.4) is 0 Å². The maximum atomic E-state index is 5.98. The first-order chi connectivity index (χ1) is 9.14. The molecule has 0 amide bonds. The maximum absolute atomic E-state index is 5.98. The number of nitrogens with one attached hydrogen (secondary N) is 1. The first-order valence-corrected chi connectivity index (χ1v) is 7.77. The molecular weight excluding hydrogens is 308 g/mol. The molecule has 1 N–H and O–H groups in total. The lowest BCUT2D eigenvalue weighted by Crippen LogP contribution is -2.47. The average Bonchev–Trinajstić information content (AvgIpc) is 2.76. The van der Waals surface area contributed by atoms with Crippen molar-refractivity contribution in [2.24, 2.45) is 7.05 Å². The number of rotatable bonds is 5. The van der Waals surface area contributed by atoms with E-state index in [-0.39, 0.29) is 11.6 Å². The first kappa shape index (κ1) is 14.9. The van der Waals surface area contributed by atoms with E-state index in [9.17, 15) is 0 Å². The van der Waals surface area contributed by atoms with Crippen molar-refractivity contribution in [1.29, 1.82) is 0 Å². The Kier molecular flexibility index (Phi) is 4.97. The van der Waals surface area contributed by atoms with Gasteiger partial charge in [0.2, 0.25) is 0 Å². The third kappa shape index (κ3) is 2.85. The molecule has 1 atom stereocenters. The number of likely N-dealkylation sites (N-methyl/N-ethyl adjacent to an activating group) is 1. The minimum absolute atomic E-state index is 0.122. The van der Waals surface area contributed by atoms with Crippen molar-refractivity contribution in [1.82, 2.24) is 20.3 Å². The number of halogens is 1. The minimum Gasteiger partial charge on any atom is -0.376 e. The molecule has 5 nitrogen and oxygen atoms in total. The third-order valence-corrected chi connectivity index (χ3v) is 4.71. The summed E-state index contributed by atoms with van der Waals surface area (Å²) in [5, 5.41) is 11.8. The summed E-state index contributed by atoms with van der Waals surface area (Å²) in [5.41, 5.74) is 0.928. The van der Waals surface area contributed by atoms with E-state index in [1.807, 2.05) is 18.8 Å². The molecule has 1 unspecified atom stereocenters. The Morgan fingerprint density at radius 3 is 2.58 bits per heavy atom. The van der Waals surface area contributed by atoms with Gasteiger partial charge < -0.3 is 10.1 Å². The van der Waals surface area contributed by atoms with Crippen LogP contribution < -0.4 is 5.32 Å². The lowest BCUT2D eigenvalue weighted by Gasteiger charge is -2.42. The molecule has 1 aliphatic carbocycles. The van der Waals surface area contributed by atoms with Crippen LogP contribution in [0.4, 0.5) is 0 Å². The van der Waals surface area contributed by atoms with E-state index in [2.05, 4.69) is 38.5 Å². The smallest absolute Gasteiger partial charge is 0.153 e. The van der Waals surface area contributed by atoms with Gasteiger partial charge in [-0.2, -0.15) is 0 Å². The molecular formula is C13H23BrN4O. The standard InChI is InChI=1S/C13H23BrN4O/c1-4-15-11(10-12(14)16-17-18(10)2)13(19-3)8-6-5-7-9-13/h11,15H,4-9H2,1-3H3. The van der Waals surface area contributed by atoms with Gasteiger partial charge in [0, 0.05) is 14.2 Å². The highest BCUT2D eigenvalue weighted by atomic mass is 79.9. The highest BCUT2D eigenvalue weighted by Crippen LogP contribution is 2.42. The van der Waals surface area contributed by atoms with Gasteiger partial charge in [0.05, 0.1) is 17.3 Å². The third-order valence-electron chi connectivity index (χ3n) is 4.14. The molecule has 0 aromatic carbocycles. The van der Waals surface area contributed by atoms with Crippen molar-refractivity contribution in [3.63, 3.8) is 0 Å². The molecule has 1 heterocycles. The highest BCUT2D eigenvalue weighted by molar-refractivity contribution is 9.10. The summed E-state index contributed by atoms with van der Waals surface area (Å²) in [4.78, 5) is 0. The van der Waals surface area contributed by atoms with Crippen LogP contribution in [0, 0.1) is 0 Å². The molecule has 0 bridgehead atoms. The van der Waals surface area contributed by atoms with Crippen LogP contribution in [-0.4, -0.2) is 34.2 Å². The van der Waals surface area contributed by atoms with Crippen LogP contribution in [0.15, 0.2) is 4.60 Å². The highest BCUT2D eigenvalue weighted by Gasteiger charge is 2.43. The molecule has 1 aliphatic rings. The second-order valence-corrected chi connectivity index (χ2v) is 5.96. The van der Waals surface area contributed by atoms with Gasteiger partial charge in [0.15, 0.2) is 4.60 Å². The summed E-state index contributed by atoms with van der Waals surface area (Å²) in [6.07, 6.45) is 5.91. The van der Waals surface area contributed by atoms with Crippen molar-refractivity contribution in [2.45, 2.75) is 50.7 Å². The molecule has 108 valence electrons. The van der Waals surface area contributed by atoms with Crippen LogP contribution in [-0.2, 0) is 11.8 Å². The van der Waals surface area contributed by atoms with Gasteiger partial charge in [0.25, 0.3) is 0 Å². The van der Waals surface area contributed by atoms with E-state index in [4.69, 9.17) is 4.74 Å². The lowest BCUT2D eigenvalue weighted by molar-refractivity contribution is -0.0703. The number of aryl methyl sites for hydroxylation is 1. The maximum Gasteiger partial charge on any atom is 0.153 e. The second-order valence-electron chi connectivity index (χ2n) is 5.21. The summed E-state index contributed by atoms with van der Waals surface area (Å²) in [5.74, 6) is 0. The van der Waals surface area contributed by atoms with Gasteiger partial charge >= 0.3 is 0 Å². The normalized spacial score (nSPS) is 20.4. The van der Waals surface area contributed by atoms with Crippen LogP contribution in [0.5, 0.6) is 0 Å². The SMILES string of the molecule is CCNC(c1c(Br)nnn1C)C1(OC)CCCCC1. The largest absolute Gasteiger partial charge is 0.376 e. The summed E-state index contributed by atoms with van der Waals surface area (Å²) < 4.78 is 8.62. The fourth-order valence-corrected chi connectivity index (χ4v) is 3.70. The Labute approximate surface area is 123 Å². The minimum atomic E-state index is -0.147. The molecule has 1 aromatic heterocycles. The van der Waals surface area contributed by atoms with Gasteiger partial charge in [-0.3, -0.25) is 0 Å². The zero-order valence-corrected chi connectivity index (χ0v) is 13.5. The quantitative estimate of drug-likeness (QED) is 0.901. The van der Waals surface area contributed by atoms with Crippen molar-refractivity contribution in [3.05, 3.63) is 10.3 Å². The topological polar surface area (TPSA) is 52.0 Å². The van der Waals surface area contributed by atoms with Crippen molar-refractivity contribution in [3.8, 4) is 0 Å².